The minimum absolute atomic E-state index is 0.0329. The van der Waals surface area contributed by atoms with Crippen LogP contribution in [-0.2, 0) is 14.6 Å². The Labute approximate surface area is 155 Å². The Morgan fingerprint density at radius 2 is 1.88 bits per heavy atom. The summed E-state index contributed by atoms with van der Waals surface area (Å²) in [6.45, 7) is 3.14. The molecule has 1 aromatic heterocycles. The molecule has 26 heavy (non-hydrogen) atoms. The average Bonchev–Trinajstić information content (AvgIpc) is 2.96. The predicted octanol–water partition coefficient (Wildman–Crippen LogP) is 2.76. The molecule has 0 aliphatic heterocycles. The summed E-state index contributed by atoms with van der Waals surface area (Å²) in [4.78, 5) is 24.5. The number of sulfone groups is 1. The second kappa shape index (κ2) is 7.68. The fourth-order valence-corrected chi connectivity index (χ4v) is 4.13. The topological polar surface area (TPSA) is 113 Å². The zero-order valence-corrected chi connectivity index (χ0v) is 16.0. The van der Waals surface area contributed by atoms with Crippen LogP contribution >= 0.6 is 11.3 Å². The van der Waals surface area contributed by atoms with Crippen LogP contribution < -0.4 is 5.32 Å². The van der Waals surface area contributed by atoms with Gasteiger partial charge in [0.2, 0.25) is 0 Å². The van der Waals surface area contributed by atoms with Crippen molar-refractivity contribution in [2.45, 2.75) is 18.7 Å². The number of nitrogens with zero attached hydrogens (tertiary/aromatic N) is 1. The van der Waals surface area contributed by atoms with Crippen molar-refractivity contribution in [2.75, 3.05) is 18.2 Å². The van der Waals surface area contributed by atoms with E-state index < -0.39 is 21.7 Å². The van der Waals surface area contributed by atoms with E-state index in [2.05, 4.69) is 10.1 Å². The lowest BCUT2D eigenvalue weighted by atomic mass is 10.1. The molecular weight excluding hydrogens is 376 g/mol. The fourth-order valence-electron chi connectivity index (χ4n) is 2.18. The number of carbonyl (C=O) groups excluding carboxylic acids is 2. The third kappa shape index (κ3) is 3.76. The molecular formula is C17H16N2O5S2. The van der Waals surface area contributed by atoms with Gasteiger partial charge in [-0.25, -0.2) is 13.2 Å². The minimum atomic E-state index is -3.35. The van der Waals surface area contributed by atoms with Crippen molar-refractivity contribution in [1.29, 1.82) is 5.26 Å². The normalized spacial score (nSPS) is 10.8. The number of rotatable bonds is 5. The number of ether oxygens (including phenoxy) is 1. The molecule has 9 heteroatoms. The highest BCUT2D eigenvalue weighted by Crippen LogP contribution is 2.33. The molecule has 1 heterocycles. The van der Waals surface area contributed by atoms with Crippen LogP contribution in [0.5, 0.6) is 0 Å². The van der Waals surface area contributed by atoms with Crippen LogP contribution in [0.3, 0.4) is 0 Å². The highest BCUT2D eigenvalue weighted by molar-refractivity contribution is 7.91. The number of carbonyl (C=O) groups is 2. The second-order valence-electron chi connectivity index (χ2n) is 5.25. The number of thiophene rings is 1. The van der Waals surface area contributed by atoms with Gasteiger partial charge >= 0.3 is 5.97 Å². The van der Waals surface area contributed by atoms with Crippen LogP contribution in [0.4, 0.5) is 5.00 Å². The van der Waals surface area contributed by atoms with Crippen LogP contribution in [0.2, 0.25) is 0 Å². The standard InChI is InChI=1S/C17H16N2O5S2/c1-4-26(22,23)12-7-5-11(6-8-12)15(20)19-16-13(9-18)10(2)14(25-16)17(21)24-3/h5-8H,4H2,1-3H3,(H,19,20). The molecule has 0 atom stereocenters. The first-order valence-corrected chi connectivity index (χ1v) is 9.98. The fraction of sp³-hybridized carbons (Fsp3) is 0.235. The van der Waals surface area contributed by atoms with Gasteiger partial charge in [-0.2, -0.15) is 5.26 Å². The highest BCUT2D eigenvalue weighted by atomic mass is 32.2. The van der Waals surface area contributed by atoms with Gasteiger partial charge in [0, 0.05) is 5.56 Å². The van der Waals surface area contributed by atoms with Crippen molar-refractivity contribution in [3.63, 3.8) is 0 Å². The van der Waals surface area contributed by atoms with Gasteiger partial charge in [0.15, 0.2) is 9.84 Å². The van der Waals surface area contributed by atoms with Crippen molar-refractivity contribution in [2.24, 2.45) is 0 Å². The number of esters is 1. The van der Waals surface area contributed by atoms with Crippen LogP contribution in [0.15, 0.2) is 29.2 Å². The van der Waals surface area contributed by atoms with E-state index in [-0.39, 0.29) is 31.7 Å². The molecule has 0 bridgehead atoms. The van der Waals surface area contributed by atoms with Gasteiger partial charge in [-0.05, 0) is 36.8 Å². The lowest BCUT2D eigenvalue weighted by Gasteiger charge is -2.05. The summed E-state index contributed by atoms with van der Waals surface area (Å²) in [6, 6.07) is 7.47. The molecule has 0 saturated carbocycles. The monoisotopic (exact) mass is 392 g/mol. The molecule has 0 spiro atoms. The van der Waals surface area contributed by atoms with Crippen molar-refractivity contribution < 1.29 is 22.7 Å². The molecule has 1 amide bonds. The van der Waals surface area contributed by atoms with E-state index in [0.717, 1.165) is 11.3 Å². The number of hydrogen-bond donors (Lipinski definition) is 1. The van der Waals surface area contributed by atoms with Gasteiger partial charge in [0.1, 0.15) is 15.9 Å². The van der Waals surface area contributed by atoms with E-state index in [1.165, 1.54) is 38.3 Å². The molecule has 1 aromatic carbocycles. The Morgan fingerprint density at radius 3 is 2.38 bits per heavy atom. The smallest absolute Gasteiger partial charge is 0.348 e. The molecule has 0 unspecified atom stereocenters. The van der Waals surface area contributed by atoms with Crippen LogP contribution in [0.1, 0.15) is 38.1 Å². The third-order valence-corrected chi connectivity index (χ3v) is 6.65. The largest absolute Gasteiger partial charge is 0.465 e. The number of nitriles is 1. The summed E-state index contributed by atoms with van der Waals surface area (Å²) >= 11 is 0.953. The van der Waals surface area contributed by atoms with Crippen molar-refractivity contribution in [1.82, 2.24) is 0 Å². The van der Waals surface area contributed by atoms with Crippen LogP contribution in [0, 0.1) is 18.3 Å². The molecule has 0 saturated heterocycles. The Morgan fingerprint density at radius 1 is 1.27 bits per heavy atom. The second-order valence-corrected chi connectivity index (χ2v) is 8.54. The van der Waals surface area contributed by atoms with Gasteiger partial charge in [-0.15, -0.1) is 11.3 Å². The zero-order chi connectivity index (χ0) is 19.5. The highest BCUT2D eigenvalue weighted by Gasteiger charge is 2.22. The first kappa shape index (κ1) is 19.6. The van der Waals surface area contributed by atoms with Gasteiger partial charge in [-0.3, -0.25) is 4.79 Å². The predicted molar refractivity (Wildman–Crippen MR) is 97.2 cm³/mol. The van der Waals surface area contributed by atoms with E-state index in [4.69, 9.17) is 0 Å². The number of methoxy groups -OCH3 is 1. The lowest BCUT2D eigenvalue weighted by molar-refractivity contribution is 0.0605. The first-order chi connectivity index (χ1) is 12.2. The summed E-state index contributed by atoms with van der Waals surface area (Å²) < 4.78 is 28.3. The number of benzene rings is 1. The van der Waals surface area contributed by atoms with Gasteiger partial charge in [-0.1, -0.05) is 6.92 Å². The zero-order valence-electron chi connectivity index (χ0n) is 14.3. The van der Waals surface area contributed by atoms with Crippen molar-refractivity contribution in [3.8, 4) is 6.07 Å². The molecule has 0 radical (unpaired) electrons. The SMILES string of the molecule is CCS(=O)(=O)c1ccc(C(=O)Nc2sc(C(=O)OC)c(C)c2C#N)cc1. The summed E-state index contributed by atoms with van der Waals surface area (Å²) in [5.74, 6) is -1.13. The number of amides is 1. The summed E-state index contributed by atoms with van der Waals surface area (Å²) in [7, 11) is -2.12. The maximum absolute atomic E-state index is 12.4. The van der Waals surface area contributed by atoms with Crippen molar-refractivity contribution >= 4 is 38.1 Å². The minimum Gasteiger partial charge on any atom is -0.465 e. The Kier molecular flexibility index (Phi) is 5.79. The quantitative estimate of drug-likeness (QED) is 0.783. The molecule has 1 N–H and O–H groups in total. The Balaban J connectivity index is 2.31. The molecule has 2 aromatic rings. The van der Waals surface area contributed by atoms with Crippen LogP contribution in [-0.4, -0.2) is 33.2 Å². The van der Waals surface area contributed by atoms with Crippen molar-refractivity contribution in [3.05, 3.63) is 45.8 Å². The summed E-state index contributed by atoms with van der Waals surface area (Å²) in [5, 5.41) is 12.1. The molecule has 7 nitrogen and oxygen atoms in total. The number of anilines is 1. The first-order valence-electron chi connectivity index (χ1n) is 7.51. The number of hydrogen-bond acceptors (Lipinski definition) is 7. The molecule has 2 rings (SSSR count). The maximum Gasteiger partial charge on any atom is 0.348 e. The third-order valence-electron chi connectivity index (χ3n) is 3.71. The van der Waals surface area contributed by atoms with E-state index in [1.807, 2.05) is 6.07 Å². The molecule has 0 aliphatic carbocycles. The summed E-state index contributed by atoms with van der Waals surface area (Å²) in [6.07, 6.45) is 0. The van der Waals surface area contributed by atoms with Gasteiger partial charge in [0.05, 0.1) is 23.3 Å². The summed E-state index contributed by atoms with van der Waals surface area (Å²) in [5.41, 5.74) is 0.854. The van der Waals surface area contributed by atoms with E-state index in [0.29, 0.717) is 5.56 Å². The van der Waals surface area contributed by atoms with E-state index >= 15 is 0 Å². The van der Waals surface area contributed by atoms with Crippen LogP contribution in [0.25, 0.3) is 0 Å². The van der Waals surface area contributed by atoms with Gasteiger partial charge < -0.3 is 10.1 Å². The maximum atomic E-state index is 12.4. The average molecular weight is 392 g/mol. The molecule has 0 aliphatic rings. The molecule has 0 fully saturated rings. The van der Waals surface area contributed by atoms with E-state index in [9.17, 15) is 23.3 Å². The van der Waals surface area contributed by atoms with Gasteiger partial charge in [0.25, 0.3) is 5.91 Å². The molecule has 136 valence electrons. The number of nitrogens with one attached hydrogen (secondary N) is 1. The Bertz CT molecular complexity index is 999. The Hall–Kier alpha value is -2.70. The van der Waals surface area contributed by atoms with E-state index in [1.54, 1.807) is 6.92 Å². The lowest BCUT2D eigenvalue weighted by Crippen LogP contribution is -2.12.